The van der Waals surface area contributed by atoms with Crippen molar-refractivity contribution in [2.24, 2.45) is 0 Å². The maximum absolute atomic E-state index is 13.0. The molecule has 1 aromatic heterocycles. The Labute approximate surface area is 181 Å². The van der Waals surface area contributed by atoms with Crippen LogP contribution in [0.5, 0.6) is 17.2 Å². The van der Waals surface area contributed by atoms with Crippen molar-refractivity contribution < 1.29 is 19.0 Å². The van der Waals surface area contributed by atoms with Crippen molar-refractivity contribution in [1.29, 1.82) is 0 Å². The summed E-state index contributed by atoms with van der Waals surface area (Å²) >= 11 is 0. The van der Waals surface area contributed by atoms with E-state index in [0.29, 0.717) is 43.2 Å². The number of hydrogen-bond acceptors (Lipinski definition) is 6. The zero-order chi connectivity index (χ0) is 21.8. The van der Waals surface area contributed by atoms with E-state index in [1.165, 1.54) is 0 Å². The molecule has 8 heteroatoms. The molecule has 162 valence electrons. The number of hydrogen-bond donors (Lipinski definition) is 1. The van der Waals surface area contributed by atoms with Crippen molar-refractivity contribution in [1.82, 2.24) is 15.1 Å². The Kier molecular flexibility index (Phi) is 5.97. The van der Waals surface area contributed by atoms with Gasteiger partial charge in [-0.25, -0.2) is 0 Å². The fourth-order valence-electron chi connectivity index (χ4n) is 3.68. The molecule has 2 heterocycles. The Balaban J connectivity index is 1.41. The van der Waals surface area contributed by atoms with Crippen molar-refractivity contribution in [2.75, 3.05) is 52.4 Å². The van der Waals surface area contributed by atoms with Gasteiger partial charge < -0.3 is 24.0 Å². The topological polar surface area (TPSA) is 79.9 Å². The van der Waals surface area contributed by atoms with Crippen molar-refractivity contribution >= 4 is 11.7 Å². The van der Waals surface area contributed by atoms with Crippen LogP contribution in [-0.4, -0.2) is 68.5 Å². The number of amides is 1. The van der Waals surface area contributed by atoms with E-state index in [9.17, 15) is 4.79 Å². The quantitative estimate of drug-likeness (QED) is 0.658. The van der Waals surface area contributed by atoms with Crippen LogP contribution in [0.4, 0.5) is 5.82 Å². The molecule has 0 unspecified atom stereocenters. The fourth-order valence-corrected chi connectivity index (χ4v) is 3.68. The van der Waals surface area contributed by atoms with Crippen molar-refractivity contribution in [3.8, 4) is 28.5 Å². The molecule has 0 atom stereocenters. The molecule has 0 radical (unpaired) electrons. The van der Waals surface area contributed by atoms with Gasteiger partial charge in [-0.05, 0) is 42.0 Å². The van der Waals surface area contributed by atoms with Gasteiger partial charge in [0, 0.05) is 38.3 Å². The van der Waals surface area contributed by atoms with Crippen LogP contribution in [0.15, 0.2) is 48.5 Å². The number of ether oxygens (including phenoxy) is 3. The number of carbonyl (C=O) groups excluding carboxylic acids is 1. The molecule has 2 aromatic carbocycles. The summed E-state index contributed by atoms with van der Waals surface area (Å²) in [6.45, 7) is 2.63. The number of nitrogens with one attached hydrogen (secondary N) is 1. The molecule has 0 aliphatic carbocycles. The van der Waals surface area contributed by atoms with E-state index in [1.54, 1.807) is 39.5 Å². The SMILES string of the molecule is COc1ccc(-c2cc(N3CCN(C(=O)c4ccc(OC)cc4OC)CC3)n[nH]2)cc1. The minimum Gasteiger partial charge on any atom is -0.497 e. The lowest BCUT2D eigenvalue weighted by Crippen LogP contribution is -2.49. The van der Waals surface area contributed by atoms with Gasteiger partial charge in [0.05, 0.1) is 32.6 Å². The van der Waals surface area contributed by atoms with Crippen LogP contribution in [0, 0.1) is 0 Å². The second-order valence-corrected chi connectivity index (χ2v) is 7.21. The Bertz CT molecular complexity index is 1040. The predicted molar refractivity (Wildman–Crippen MR) is 118 cm³/mol. The highest BCUT2D eigenvalue weighted by atomic mass is 16.5. The van der Waals surface area contributed by atoms with E-state index in [1.807, 2.05) is 35.2 Å². The second-order valence-electron chi connectivity index (χ2n) is 7.21. The molecule has 8 nitrogen and oxygen atoms in total. The molecule has 31 heavy (non-hydrogen) atoms. The van der Waals surface area contributed by atoms with Crippen LogP contribution >= 0.6 is 0 Å². The van der Waals surface area contributed by atoms with E-state index < -0.39 is 0 Å². The molecule has 0 saturated carbocycles. The predicted octanol–water partition coefficient (Wildman–Crippen LogP) is 3.06. The first-order valence-electron chi connectivity index (χ1n) is 10.1. The van der Waals surface area contributed by atoms with Crippen molar-refractivity contribution in [3.63, 3.8) is 0 Å². The Morgan fingerprint density at radius 3 is 2.19 bits per heavy atom. The molecule has 0 bridgehead atoms. The van der Waals surface area contributed by atoms with Crippen molar-refractivity contribution in [2.45, 2.75) is 0 Å². The summed E-state index contributed by atoms with van der Waals surface area (Å²) in [7, 11) is 4.80. The van der Waals surface area contributed by atoms with Gasteiger partial charge >= 0.3 is 0 Å². The molecule has 1 aliphatic rings. The summed E-state index contributed by atoms with van der Waals surface area (Å²) in [5, 5.41) is 7.57. The summed E-state index contributed by atoms with van der Waals surface area (Å²) in [6, 6.07) is 15.1. The lowest BCUT2D eigenvalue weighted by molar-refractivity contribution is 0.0743. The third-order valence-corrected chi connectivity index (χ3v) is 5.50. The van der Waals surface area contributed by atoms with E-state index >= 15 is 0 Å². The molecular formula is C23H26N4O4. The Morgan fingerprint density at radius 2 is 1.55 bits per heavy atom. The third kappa shape index (κ3) is 4.28. The van der Waals surface area contributed by atoms with E-state index in [-0.39, 0.29) is 5.91 Å². The van der Waals surface area contributed by atoms with Gasteiger partial charge in [-0.2, -0.15) is 5.10 Å². The van der Waals surface area contributed by atoms with Gasteiger partial charge in [0.1, 0.15) is 17.2 Å². The van der Waals surface area contributed by atoms with Gasteiger partial charge in [0.15, 0.2) is 5.82 Å². The monoisotopic (exact) mass is 422 g/mol. The molecule has 3 aromatic rings. The lowest BCUT2D eigenvalue weighted by Gasteiger charge is -2.35. The highest BCUT2D eigenvalue weighted by molar-refractivity contribution is 5.97. The first-order valence-corrected chi connectivity index (χ1v) is 10.1. The van der Waals surface area contributed by atoms with Crippen LogP contribution in [-0.2, 0) is 0 Å². The molecular weight excluding hydrogens is 396 g/mol. The number of nitrogens with zero attached hydrogens (tertiary/aromatic N) is 3. The summed E-state index contributed by atoms with van der Waals surface area (Å²) in [6.07, 6.45) is 0. The Morgan fingerprint density at radius 1 is 0.871 bits per heavy atom. The zero-order valence-electron chi connectivity index (χ0n) is 17.9. The number of aromatic amines is 1. The molecule has 4 rings (SSSR count). The zero-order valence-corrected chi connectivity index (χ0v) is 17.9. The number of rotatable bonds is 6. The maximum atomic E-state index is 13.0. The number of methoxy groups -OCH3 is 3. The number of H-pyrrole nitrogens is 1. The first-order chi connectivity index (χ1) is 15.1. The third-order valence-electron chi connectivity index (χ3n) is 5.50. The molecule has 1 saturated heterocycles. The highest BCUT2D eigenvalue weighted by Crippen LogP contribution is 2.27. The van der Waals surface area contributed by atoms with Gasteiger partial charge in [-0.1, -0.05) is 0 Å². The summed E-state index contributed by atoms with van der Waals surface area (Å²) < 4.78 is 15.8. The Hall–Kier alpha value is -3.68. The lowest BCUT2D eigenvalue weighted by atomic mass is 10.1. The molecule has 1 amide bonds. The molecule has 1 N–H and O–H groups in total. The van der Waals surface area contributed by atoms with Crippen LogP contribution in [0.25, 0.3) is 11.3 Å². The van der Waals surface area contributed by atoms with E-state index in [0.717, 1.165) is 22.8 Å². The average molecular weight is 422 g/mol. The molecule has 1 aliphatic heterocycles. The van der Waals surface area contributed by atoms with Gasteiger partial charge in [0.25, 0.3) is 5.91 Å². The normalized spacial score (nSPS) is 13.8. The highest BCUT2D eigenvalue weighted by Gasteiger charge is 2.25. The van der Waals surface area contributed by atoms with Crippen LogP contribution < -0.4 is 19.1 Å². The smallest absolute Gasteiger partial charge is 0.257 e. The molecule has 1 fully saturated rings. The van der Waals surface area contributed by atoms with Crippen LogP contribution in [0.1, 0.15) is 10.4 Å². The van der Waals surface area contributed by atoms with E-state index in [2.05, 4.69) is 15.1 Å². The maximum Gasteiger partial charge on any atom is 0.257 e. The summed E-state index contributed by atoms with van der Waals surface area (Å²) in [4.78, 5) is 17.0. The van der Waals surface area contributed by atoms with Gasteiger partial charge in [-0.15, -0.1) is 0 Å². The van der Waals surface area contributed by atoms with Gasteiger partial charge in [-0.3, -0.25) is 9.89 Å². The summed E-state index contributed by atoms with van der Waals surface area (Å²) in [5.41, 5.74) is 2.53. The minimum atomic E-state index is -0.0416. The first kappa shape index (κ1) is 20.6. The summed E-state index contributed by atoms with van der Waals surface area (Å²) in [5.74, 6) is 2.82. The van der Waals surface area contributed by atoms with Crippen LogP contribution in [0.3, 0.4) is 0 Å². The second kappa shape index (κ2) is 8.99. The van der Waals surface area contributed by atoms with E-state index in [4.69, 9.17) is 14.2 Å². The number of benzene rings is 2. The standard InChI is InChI=1S/C23H26N4O4/c1-29-17-6-4-16(5-7-17)20-15-22(25-24-20)26-10-12-27(13-11-26)23(28)19-9-8-18(30-2)14-21(19)31-3/h4-9,14-15H,10-13H2,1-3H3,(H,24,25). The largest absolute Gasteiger partial charge is 0.497 e. The fraction of sp³-hybridized carbons (Fsp3) is 0.304. The van der Waals surface area contributed by atoms with Crippen molar-refractivity contribution in [3.05, 3.63) is 54.1 Å². The number of piperazine rings is 1. The van der Waals surface area contributed by atoms with Crippen LogP contribution in [0.2, 0.25) is 0 Å². The number of carbonyl (C=O) groups is 1. The minimum absolute atomic E-state index is 0.0416. The molecule has 0 spiro atoms. The van der Waals surface area contributed by atoms with Gasteiger partial charge in [0.2, 0.25) is 0 Å². The number of anilines is 1. The average Bonchev–Trinajstić information content (AvgIpc) is 3.33. The number of aromatic nitrogens is 2.